The van der Waals surface area contributed by atoms with E-state index in [9.17, 15) is 4.39 Å². The van der Waals surface area contributed by atoms with Gasteiger partial charge in [0.15, 0.2) is 0 Å². The molecule has 2 nitrogen and oxygen atoms in total. The standard InChI is InChI=1S/C11H14FO2/c1-8(7-12)10-6-9(13-2)4-5-11(10)14-3/h4-6,8H,1,7H2,2-3H3. The van der Waals surface area contributed by atoms with Gasteiger partial charge in [0, 0.05) is 11.5 Å². The van der Waals surface area contributed by atoms with Crippen molar-refractivity contribution in [3.63, 3.8) is 0 Å². The summed E-state index contributed by atoms with van der Waals surface area (Å²) in [7, 11) is 3.12. The van der Waals surface area contributed by atoms with E-state index in [2.05, 4.69) is 6.92 Å². The molecular formula is C11H14FO2. The fourth-order valence-electron chi connectivity index (χ4n) is 1.24. The van der Waals surface area contributed by atoms with E-state index >= 15 is 0 Å². The lowest BCUT2D eigenvalue weighted by Gasteiger charge is -2.13. The summed E-state index contributed by atoms with van der Waals surface area (Å²) in [6, 6.07) is 5.27. The summed E-state index contributed by atoms with van der Waals surface area (Å²) >= 11 is 0. The van der Waals surface area contributed by atoms with Crippen molar-refractivity contribution in [3.05, 3.63) is 30.7 Å². The second-order valence-corrected chi connectivity index (χ2v) is 2.96. The zero-order chi connectivity index (χ0) is 10.6. The van der Waals surface area contributed by atoms with Gasteiger partial charge in [-0.05, 0) is 25.1 Å². The van der Waals surface area contributed by atoms with Crippen LogP contribution in [0.25, 0.3) is 0 Å². The van der Waals surface area contributed by atoms with Crippen LogP contribution in [0, 0.1) is 6.92 Å². The predicted octanol–water partition coefficient (Wildman–Crippen LogP) is 2.59. The molecule has 1 radical (unpaired) electrons. The molecule has 1 aromatic rings. The first-order chi connectivity index (χ1) is 6.72. The monoisotopic (exact) mass is 197 g/mol. The molecule has 1 atom stereocenters. The highest BCUT2D eigenvalue weighted by molar-refractivity contribution is 5.42. The van der Waals surface area contributed by atoms with E-state index < -0.39 is 12.6 Å². The van der Waals surface area contributed by atoms with Crippen LogP contribution >= 0.6 is 0 Å². The van der Waals surface area contributed by atoms with Crippen LogP contribution in [0.5, 0.6) is 11.5 Å². The van der Waals surface area contributed by atoms with E-state index in [1.165, 1.54) is 0 Å². The molecule has 0 amide bonds. The summed E-state index contributed by atoms with van der Waals surface area (Å²) in [5, 5.41) is 0. The Morgan fingerprint density at radius 1 is 1.36 bits per heavy atom. The van der Waals surface area contributed by atoms with Gasteiger partial charge in [-0.3, -0.25) is 4.39 Å². The number of halogens is 1. The van der Waals surface area contributed by atoms with Crippen LogP contribution in [0.2, 0.25) is 0 Å². The van der Waals surface area contributed by atoms with Crippen LogP contribution in [-0.4, -0.2) is 20.9 Å². The van der Waals surface area contributed by atoms with Gasteiger partial charge in [-0.15, -0.1) is 0 Å². The molecule has 0 saturated heterocycles. The lowest BCUT2D eigenvalue weighted by Crippen LogP contribution is -2.00. The SMILES string of the molecule is [CH2]C(CF)c1cc(OC)ccc1OC. The molecule has 0 fully saturated rings. The molecule has 0 N–H and O–H groups in total. The minimum absolute atomic E-state index is 0.417. The second-order valence-electron chi connectivity index (χ2n) is 2.96. The Morgan fingerprint density at radius 3 is 2.57 bits per heavy atom. The molecule has 0 spiro atoms. The minimum atomic E-state index is -0.510. The molecule has 0 saturated carbocycles. The summed E-state index contributed by atoms with van der Waals surface area (Å²) in [6.45, 7) is 3.19. The maximum Gasteiger partial charge on any atom is 0.122 e. The van der Waals surface area contributed by atoms with Gasteiger partial charge in [0.2, 0.25) is 0 Å². The summed E-state index contributed by atoms with van der Waals surface area (Å²) in [4.78, 5) is 0. The number of ether oxygens (including phenoxy) is 2. The Hall–Kier alpha value is -1.25. The maximum atomic E-state index is 12.5. The molecule has 1 aromatic carbocycles. The quantitative estimate of drug-likeness (QED) is 0.738. The Balaban J connectivity index is 3.08. The maximum absolute atomic E-state index is 12.5. The van der Waals surface area contributed by atoms with E-state index in [0.717, 1.165) is 5.56 Å². The molecule has 1 unspecified atom stereocenters. The normalized spacial score (nSPS) is 12.3. The molecule has 0 bridgehead atoms. The van der Waals surface area contributed by atoms with Crippen molar-refractivity contribution in [2.24, 2.45) is 0 Å². The molecule has 1 rings (SSSR count). The zero-order valence-electron chi connectivity index (χ0n) is 8.42. The molecule has 77 valence electrons. The van der Waals surface area contributed by atoms with Gasteiger partial charge in [-0.25, -0.2) is 0 Å². The zero-order valence-corrected chi connectivity index (χ0v) is 8.42. The Bertz CT molecular complexity index is 299. The predicted molar refractivity (Wildman–Crippen MR) is 53.6 cm³/mol. The first-order valence-electron chi connectivity index (χ1n) is 4.34. The molecular weight excluding hydrogens is 183 g/mol. The molecule has 0 aliphatic carbocycles. The van der Waals surface area contributed by atoms with Gasteiger partial charge in [-0.2, -0.15) is 0 Å². The van der Waals surface area contributed by atoms with Crippen LogP contribution < -0.4 is 9.47 Å². The number of alkyl halides is 1. The van der Waals surface area contributed by atoms with Gasteiger partial charge < -0.3 is 9.47 Å². The van der Waals surface area contributed by atoms with Crippen molar-refractivity contribution in [2.45, 2.75) is 5.92 Å². The second kappa shape index (κ2) is 4.84. The molecule has 3 heteroatoms. The van der Waals surface area contributed by atoms with E-state index in [-0.39, 0.29) is 0 Å². The first-order valence-corrected chi connectivity index (χ1v) is 4.34. The number of hydrogen-bond donors (Lipinski definition) is 0. The Kier molecular flexibility index (Phi) is 3.74. The van der Waals surface area contributed by atoms with Crippen LogP contribution in [0.4, 0.5) is 4.39 Å². The summed E-state index contributed by atoms with van der Waals surface area (Å²) in [5.74, 6) is 0.909. The van der Waals surface area contributed by atoms with Crippen LogP contribution in [0.15, 0.2) is 18.2 Å². The van der Waals surface area contributed by atoms with Gasteiger partial charge in [0.05, 0.1) is 20.9 Å². The third-order valence-electron chi connectivity index (χ3n) is 2.06. The van der Waals surface area contributed by atoms with Gasteiger partial charge in [-0.1, -0.05) is 0 Å². The van der Waals surface area contributed by atoms with Crippen molar-refractivity contribution in [1.29, 1.82) is 0 Å². The molecule has 0 aliphatic rings. The average Bonchev–Trinajstić information content (AvgIpc) is 2.27. The van der Waals surface area contributed by atoms with Crippen molar-refractivity contribution in [2.75, 3.05) is 20.9 Å². The molecule has 0 aliphatic heterocycles. The smallest absolute Gasteiger partial charge is 0.122 e. The first kappa shape index (κ1) is 10.8. The topological polar surface area (TPSA) is 18.5 Å². The summed E-state index contributed by atoms with van der Waals surface area (Å²) in [5.41, 5.74) is 0.731. The Labute approximate surface area is 83.6 Å². The summed E-state index contributed by atoms with van der Waals surface area (Å²) in [6.07, 6.45) is 0. The number of hydrogen-bond acceptors (Lipinski definition) is 2. The third-order valence-corrected chi connectivity index (χ3v) is 2.06. The van der Waals surface area contributed by atoms with Crippen LogP contribution in [-0.2, 0) is 0 Å². The van der Waals surface area contributed by atoms with Gasteiger partial charge >= 0.3 is 0 Å². The lowest BCUT2D eigenvalue weighted by atomic mass is 10.0. The largest absolute Gasteiger partial charge is 0.497 e. The molecule has 0 aromatic heterocycles. The van der Waals surface area contributed by atoms with E-state index in [4.69, 9.17) is 9.47 Å². The van der Waals surface area contributed by atoms with Crippen LogP contribution in [0.1, 0.15) is 11.5 Å². The van der Waals surface area contributed by atoms with Gasteiger partial charge in [0.25, 0.3) is 0 Å². The fraction of sp³-hybridized carbons (Fsp3) is 0.364. The minimum Gasteiger partial charge on any atom is -0.497 e. The highest BCUT2D eigenvalue weighted by Gasteiger charge is 2.12. The van der Waals surface area contributed by atoms with Crippen molar-refractivity contribution < 1.29 is 13.9 Å². The fourth-order valence-corrected chi connectivity index (χ4v) is 1.24. The van der Waals surface area contributed by atoms with E-state index in [1.54, 1.807) is 32.4 Å². The van der Waals surface area contributed by atoms with Crippen molar-refractivity contribution in [1.82, 2.24) is 0 Å². The average molecular weight is 197 g/mol. The lowest BCUT2D eigenvalue weighted by molar-refractivity contribution is 0.389. The van der Waals surface area contributed by atoms with E-state index in [1.807, 2.05) is 0 Å². The van der Waals surface area contributed by atoms with E-state index in [0.29, 0.717) is 11.5 Å². The van der Waals surface area contributed by atoms with Crippen LogP contribution in [0.3, 0.4) is 0 Å². The number of benzene rings is 1. The molecule has 14 heavy (non-hydrogen) atoms. The number of rotatable bonds is 4. The molecule has 0 heterocycles. The Morgan fingerprint density at radius 2 is 2.07 bits per heavy atom. The van der Waals surface area contributed by atoms with Crippen molar-refractivity contribution >= 4 is 0 Å². The van der Waals surface area contributed by atoms with Gasteiger partial charge in [0.1, 0.15) is 11.5 Å². The van der Waals surface area contributed by atoms with Crippen molar-refractivity contribution in [3.8, 4) is 11.5 Å². The summed E-state index contributed by atoms with van der Waals surface area (Å²) < 4.78 is 22.6. The highest BCUT2D eigenvalue weighted by Crippen LogP contribution is 2.30. The third kappa shape index (κ3) is 2.16. The number of methoxy groups -OCH3 is 2. The highest BCUT2D eigenvalue weighted by atomic mass is 19.1.